The van der Waals surface area contributed by atoms with Gasteiger partial charge in [-0.3, -0.25) is 9.59 Å². The van der Waals surface area contributed by atoms with Gasteiger partial charge in [-0.05, 0) is 45.7 Å². The Morgan fingerprint density at radius 1 is 1.07 bits per heavy atom. The molecule has 1 heterocycles. The highest BCUT2D eigenvalue weighted by Crippen LogP contribution is 2.38. The summed E-state index contributed by atoms with van der Waals surface area (Å²) in [6.07, 6.45) is 1.99. The van der Waals surface area contributed by atoms with E-state index in [1.54, 1.807) is 37.3 Å². The minimum Gasteiger partial charge on any atom is -0.466 e. The molecule has 28 heavy (non-hydrogen) atoms. The molecule has 6 nitrogen and oxygen atoms in total. The van der Waals surface area contributed by atoms with Gasteiger partial charge in [-0.25, -0.2) is 0 Å². The number of carbonyl (C=O) groups excluding carboxylic acids is 2. The van der Waals surface area contributed by atoms with Gasteiger partial charge < -0.3 is 19.2 Å². The van der Waals surface area contributed by atoms with Gasteiger partial charge >= 0.3 is 13.1 Å². The summed E-state index contributed by atoms with van der Waals surface area (Å²) in [4.78, 5) is 23.6. The first-order chi connectivity index (χ1) is 13.1. The Kier molecular flexibility index (Phi) is 7.20. The van der Waals surface area contributed by atoms with Crippen LogP contribution in [0.3, 0.4) is 0 Å². The second-order valence-electron chi connectivity index (χ2n) is 7.82. The number of esters is 1. The number of ether oxygens (including phenoxy) is 1. The third-order valence-electron chi connectivity index (χ3n) is 5.18. The molecule has 1 fully saturated rings. The Hall–Kier alpha value is -1.96. The lowest BCUT2D eigenvalue weighted by Crippen LogP contribution is -2.41. The summed E-state index contributed by atoms with van der Waals surface area (Å²) in [5.74, 6) is -0.484. The minimum absolute atomic E-state index is 0.0743. The molecule has 1 aliphatic heterocycles. The fourth-order valence-electron chi connectivity index (χ4n) is 2.76. The van der Waals surface area contributed by atoms with Gasteiger partial charge in [0.25, 0.3) is 0 Å². The van der Waals surface area contributed by atoms with Crippen LogP contribution in [0.25, 0.3) is 6.08 Å². The Balaban J connectivity index is 2.06. The molecule has 0 aliphatic carbocycles. The molecule has 0 amide bonds. The number of hydrogen-bond acceptors (Lipinski definition) is 6. The fourth-order valence-corrected chi connectivity index (χ4v) is 2.76. The lowest BCUT2D eigenvalue weighted by atomic mass is 9.77. The van der Waals surface area contributed by atoms with Crippen molar-refractivity contribution in [3.05, 3.63) is 40.9 Å². The van der Waals surface area contributed by atoms with Crippen LogP contribution >= 0.6 is 0 Å². The third kappa shape index (κ3) is 5.31. The second kappa shape index (κ2) is 9.03. The van der Waals surface area contributed by atoms with Gasteiger partial charge in [0.15, 0.2) is 5.78 Å². The van der Waals surface area contributed by atoms with E-state index in [0.29, 0.717) is 17.6 Å². The molecule has 7 heteroatoms. The van der Waals surface area contributed by atoms with Crippen LogP contribution in [0.4, 0.5) is 0 Å². The van der Waals surface area contributed by atoms with Crippen molar-refractivity contribution in [2.75, 3.05) is 13.2 Å². The number of Topliss-reactive ketones (excluding diaryl/α,β-unsaturated/α-hetero) is 1. The molecule has 0 atom stereocenters. The second-order valence-corrected chi connectivity index (χ2v) is 7.82. The first kappa shape index (κ1) is 22.3. The van der Waals surface area contributed by atoms with E-state index >= 15 is 0 Å². The Labute approximate surface area is 167 Å². The van der Waals surface area contributed by atoms with Crippen molar-refractivity contribution >= 4 is 24.9 Å². The number of aliphatic hydroxyl groups is 1. The summed E-state index contributed by atoms with van der Waals surface area (Å²) in [5.41, 5.74) is 0.991. The summed E-state index contributed by atoms with van der Waals surface area (Å²) in [5, 5.41) is 9.77. The number of hydrogen-bond donors (Lipinski definition) is 1. The van der Waals surface area contributed by atoms with Crippen molar-refractivity contribution in [3.63, 3.8) is 0 Å². The van der Waals surface area contributed by atoms with E-state index < -0.39 is 18.3 Å². The molecular weight excluding hydrogens is 359 g/mol. The molecule has 1 N–H and O–H groups in total. The maximum atomic E-state index is 12.2. The minimum atomic E-state index is -0.624. The normalized spacial score (nSPS) is 18.2. The smallest absolute Gasteiger partial charge is 0.466 e. The van der Waals surface area contributed by atoms with Gasteiger partial charge in [0, 0.05) is 12.0 Å². The van der Waals surface area contributed by atoms with E-state index in [9.17, 15) is 14.7 Å². The Morgan fingerprint density at radius 3 is 2.14 bits per heavy atom. The van der Waals surface area contributed by atoms with Gasteiger partial charge in [-0.15, -0.1) is 0 Å². The highest BCUT2D eigenvalue weighted by molar-refractivity contribution is 6.55. The van der Waals surface area contributed by atoms with Gasteiger partial charge in [0.1, 0.15) is 0 Å². The SMILES string of the molecule is CCOC(=O)CCC(=O)c1ccc(C=C(CO)B2OC(C)(C)C(C)(C)O2)cc1. The predicted molar refractivity (Wildman–Crippen MR) is 108 cm³/mol. The zero-order valence-corrected chi connectivity index (χ0v) is 17.3. The number of ketones is 1. The van der Waals surface area contributed by atoms with E-state index in [4.69, 9.17) is 14.0 Å². The monoisotopic (exact) mass is 388 g/mol. The maximum Gasteiger partial charge on any atom is 0.492 e. The Morgan fingerprint density at radius 2 is 1.64 bits per heavy atom. The van der Waals surface area contributed by atoms with Crippen LogP contribution in [-0.2, 0) is 18.8 Å². The van der Waals surface area contributed by atoms with Crippen LogP contribution in [0.2, 0.25) is 0 Å². The first-order valence-corrected chi connectivity index (χ1v) is 9.55. The molecule has 2 rings (SSSR count). The van der Waals surface area contributed by atoms with Crippen LogP contribution in [0.15, 0.2) is 29.7 Å². The summed E-state index contributed by atoms with van der Waals surface area (Å²) in [7, 11) is -0.624. The maximum absolute atomic E-state index is 12.2. The molecular formula is C21H29BO6. The topological polar surface area (TPSA) is 82.1 Å². The lowest BCUT2D eigenvalue weighted by Gasteiger charge is -2.32. The first-order valence-electron chi connectivity index (χ1n) is 9.55. The zero-order valence-electron chi connectivity index (χ0n) is 17.3. The van der Waals surface area contributed by atoms with Gasteiger partial charge in [0.2, 0.25) is 0 Å². The molecule has 0 saturated carbocycles. The molecule has 0 bridgehead atoms. The molecule has 0 spiro atoms. The molecule has 1 saturated heterocycles. The molecule has 0 radical (unpaired) electrons. The number of carbonyl (C=O) groups is 2. The van der Waals surface area contributed by atoms with Crippen molar-refractivity contribution in [3.8, 4) is 0 Å². The van der Waals surface area contributed by atoms with Crippen molar-refractivity contribution in [1.29, 1.82) is 0 Å². The zero-order chi connectivity index (χ0) is 20.9. The van der Waals surface area contributed by atoms with E-state index in [1.165, 1.54) is 0 Å². The van der Waals surface area contributed by atoms with Gasteiger partial charge in [0.05, 0.1) is 30.8 Å². The van der Waals surface area contributed by atoms with Crippen LogP contribution in [0.5, 0.6) is 0 Å². The van der Waals surface area contributed by atoms with Crippen molar-refractivity contribution in [2.45, 2.75) is 58.7 Å². The highest BCUT2D eigenvalue weighted by Gasteiger charge is 2.52. The molecule has 1 aliphatic rings. The van der Waals surface area contributed by atoms with Crippen LogP contribution < -0.4 is 0 Å². The predicted octanol–water partition coefficient (Wildman–Crippen LogP) is 3.22. The summed E-state index contributed by atoms with van der Waals surface area (Å²) >= 11 is 0. The van der Waals surface area contributed by atoms with Crippen molar-refractivity contribution in [1.82, 2.24) is 0 Å². The van der Waals surface area contributed by atoms with E-state index in [0.717, 1.165) is 5.56 Å². The van der Waals surface area contributed by atoms with Crippen LogP contribution in [-0.4, -0.2) is 48.4 Å². The largest absolute Gasteiger partial charge is 0.492 e. The average molecular weight is 388 g/mol. The summed E-state index contributed by atoms with van der Waals surface area (Å²) in [6, 6.07) is 6.99. The van der Waals surface area contributed by atoms with E-state index in [2.05, 4.69) is 0 Å². The van der Waals surface area contributed by atoms with Crippen LogP contribution in [0.1, 0.15) is 63.4 Å². The van der Waals surface area contributed by atoms with E-state index in [1.807, 2.05) is 27.7 Å². The average Bonchev–Trinajstić information content (AvgIpc) is 2.85. The van der Waals surface area contributed by atoms with Crippen LogP contribution in [0, 0.1) is 0 Å². The van der Waals surface area contributed by atoms with Gasteiger partial charge in [-0.1, -0.05) is 30.3 Å². The highest BCUT2D eigenvalue weighted by atomic mass is 16.7. The van der Waals surface area contributed by atoms with Gasteiger partial charge in [-0.2, -0.15) is 0 Å². The van der Waals surface area contributed by atoms with Crippen molar-refractivity contribution in [2.24, 2.45) is 0 Å². The quantitative estimate of drug-likeness (QED) is 0.418. The third-order valence-corrected chi connectivity index (χ3v) is 5.18. The van der Waals surface area contributed by atoms with E-state index in [-0.39, 0.29) is 31.2 Å². The molecule has 152 valence electrons. The summed E-state index contributed by atoms with van der Waals surface area (Å²) in [6.45, 7) is 9.67. The lowest BCUT2D eigenvalue weighted by molar-refractivity contribution is -0.143. The summed E-state index contributed by atoms with van der Waals surface area (Å²) < 4.78 is 16.8. The molecule has 1 aromatic rings. The van der Waals surface area contributed by atoms with Crippen molar-refractivity contribution < 1.29 is 28.7 Å². The molecule has 0 aromatic heterocycles. The molecule has 0 unspecified atom stereocenters. The number of rotatable bonds is 8. The number of benzene rings is 1. The molecule has 1 aromatic carbocycles. The number of aliphatic hydroxyl groups excluding tert-OH is 1. The fraction of sp³-hybridized carbons (Fsp3) is 0.524. The standard InChI is InChI=1S/C21H29BO6/c1-6-26-19(25)12-11-18(24)16-9-7-15(8-10-16)13-17(14-23)22-27-20(2,3)21(4,5)28-22/h7-10,13,23H,6,11-12,14H2,1-5H3. The Bertz CT molecular complexity index is 720.